The van der Waals surface area contributed by atoms with E-state index in [1.165, 1.54) is 0 Å². The van der Waals surface area contributed by atoms with E-state index >= 15 is 0 Å². The van der Waals surface area contributed by atoms with Gasteiger partial charge in [0.2, 0.25) is 0 Å². The van der Waals surface area contributed by atoms with E-state index in [9.17, 15) is 5.11 Å². The Morgan fingerprint density at radius 2 is 1.76 bits per heavy atom. The molecule has 0 amide bonds. The van der Waals surface area contributed by atoms with Crippen molar-refractivity contribution in [3.63, 3.8) is 0 Å². The van der Waals surface area contributed by atoms with Crippen molar-refractivity contribution in [2.45, 2.75) is 12.6 Å². The van der Waals surface area contributed by atoms with Crippen LogP contribution in [0.1, 0.15) is 5.69 Å². The zero-order valence-electron chi connectivity index (χ0n) is 14.2. The van der Waals surface area contributed by atoms with Crippen molar-refractivity contribution in [3.8, 4) is 5.75 Å². The first-order valence-corrected chi connectivity index (χ1v) is 9.39. The summed E-state index contributed by atoms with van der Waals surface area (Å²) in [7, 11) is 0. The third kappa shape index (κ3) is 6.08. The van der Waals surface area contributed by atoms with E-state index in [0.29, 0.717) is 13.2 Å². The molecule has 0 aliphatic carbocycles. The molecule has 25 heavy (non-hydrogen) atoms. The van der Waals surface area contributed by atoms with Crippen molar-refractivity contribution in [2.75, 3.05) is 39.3 Å². The van der Waals surface area contributed by atoms with Crippen LogP contribution in [0.2, 0.25) is 0 Å². The second-order valence-corrected chi connectivity index (χ2v) is 7.24. The lowest BCUT2D eigenvalue weighted by molar-refractivity contribution is 0.0444. The third-order valence-electron chi connectivity index (χ3n) is 4.29. The average Bonchev–Trinajstić information content (AvgIpc) is 2.64. The molecular formula is C19H24BrN3O2. The Hall–Kier alpha value is -1.47. The molecule has 134 valence electrons. The summed E-state index contributed by atoms with van der Waals surface area (Å²) < 4.78 is 6.63. The molecule has 1 unspecified atom stereocenters. The Kier molecular flexibility index (Phi) is 6.81. The van der Waals surface area contributed by atoms with Crippen LogP contribution in [0.25, 0.3) is 0 Å². The number of hydrogen-bond donors (Lipinski definition) is 1. The Morgan fingerprint density at radius 3 is 2.44 bits per heavy atom. The van der Waals surface area contributed by atoms with Gasteiger partial charge in [-0.3, -0.25) is 14.8 Å². The van der Waals surface area contributed by atoms with Crippen LogP contribution in [0.5, 0.6) is 5.75 Å². The Bertz CT molecular complexity index is 631. The summed E-state index contributed by atoms with van der Waals surface area (Å²) in [6.45, 7) is 5.75. The zero-order chi connectivity index (χ0) is 17.5. The number of pyridine rings is 1. The lowest BCUT2D eigenvalue weighted by Crippen LogP contribution is -2.48. The van der Waals surface area contributed by atoms with Gasteiger partial charge in [0.05, 0.1) is 5.69 Å². The predicted molar refractivity (Wildman–Crippen MR) is 102 cm³/mol. The van der Waals surface area contributed by atoms with Crippen LogP contribution in [0, 0.1) is 0 Å². The van der Waals surface area contributed by atoms with Crippen molar-refractivity contribution in [1.82, 2.24) is 14.8 Å². The Morgan fingerprint density at radius 1 is 1.04 bits per heavy atom. The number of halogens is 1. The monoisotopic (exact) mass is 405 g/mol. The van der Waals surface area contributed by atoms with Gasteiger partial charge in [-0.2, -0.15) is 0 Å². The lowest BCUT2D eigenvalue weighted by atomic mass is 10.2. The molecule has 1 atom stereocenters. The second-order valence-electron chi connectivity index (χ2n) is 6.32. The molecule has 3 rings (SSSR count). The fourth-order valence-electron chi connectivity index (χ4n) is 2.92. The third-order valence-corrected chi connectivity index (χ3v) is 4.76. The van der Waals surface area contributed by atoms with E-state index in [2.05, 4.69) is 36.8 Å². The molecule has 1 N–H and O–H groups in total. The minimum atomic E-state index is -0.472. The van der Waals surface area contributed by atoms with Crippen LogP contribution in [-0.4, -0.2) is 65.3 Å². The molecule has 1 aromatic carbocycles. The summed E-state index contributed by atoms with van der Waals surface area (Å²) in [5.74, 6) is 0.799. The first kappa shape index (κ1) is 18.3. The zero-order valence-corrected chi connectivity index (χ0v) is 15.8. The summed E-state index contributed by atoms with van der Waals surface area (Å²) in [5.41, 5.74) is 1.09. The fourth-order valence-corrected chi connectivity index (χ4v) is 3.15. The summed E-state index contributed by atoms with van der Waals surface area (Å²) >= 11 is 3.41. The number of β-amino-alcohol motifs (C(OH)–C–C–N with tert-alkyl or cyclic N) is 1. The molecule has 0 bridgehead atoms. The Balaban J connectivity index is 1.36. The standard InChI is InChI=1S/C19H24BrN3O2/c20-16-6-7-17(21-12-16)13-22-8-10-23(11-9-22)14-18(24)15-25-19-4-2-1-3-5-19/h1-7,12,18,24H,8-11,13-15H2. The summed E-state index contributed by atoms with van der Waals surface area (Å²) in [6.07, 6.45) is 1.37. The molecule has 0 spiro atoms. The van der Waals surface area contributed by atoms with E-state index < -0.39 is 6.10 Å². The number of ether oxygens (including phenoxy) is 1. The number of piperazine rings is 1. The van der Waals surface area contributed by atoms with Crippen LogP contribution in [0.3, 0.4) is 0 Å². The highest BCUT2D eigenvalue weighted by atomic mass is 79.9. The van der Waals surface area contributed by atoms with Crippen LogP contribution >= 0.6 is 15.9 Å². The van der Waals surface area contributed by atoms with Crippen LogP contribution in [0.4, 0.5) is 0 Å². The fraction of sp³-hybridized carbons (Fsp3) is 0.421. The summed E-state index contributed by atoms with van der Waals surface area (Å²) in [6, 6.07) is 13.7. The van der Waals surface area contributed by atoms with Crippen molar-refractivity contribution >= 4 is 15.9 Å². The molecular weight excluding hydrogens is 382 g/mol. The number of nitrogens with zero attached hydrogens (tertiary/aromatic N) is 3. The number of aromatic nitrogens is 1. The maximum Gasteiger partial charge on any atom is 0.119 e. The van der Waals surface area contributed by atoms with Gasteiger partial charge in [0.1, 0.15) is 18.5 Å². The van der Waals surface area contributed by atoms with Crippen LogP contribution in [-0.2, 0) is 6.54 Å². The maximum atomic E-state index is 10.2. The molecule has 0 radical (unpaired) electrons. The molecule has 1 aliphatic rings. The van der Waals surface area contributed by atoms with E-state index in [0.717, 1.165) is 48.6 Å². The highest BCUT2D eigenvalue weighted by molar-refractivity contribution is 9.10. The van der Waals surface area contributed by atoms with Crippen molar-refractivity contribution < 1.29 is 9.84 Å². The topological polar surface area (TPSA) is 48.8 Å². The lowest BCUT2D eigenvalue weighted by Gasteiger charge is -2.35. The molecule has 1 saturated heterocycles. The second kappa shape index (κ2) is 9.29. The molecule has 2 aromatic rings. The summed E-state index contributed by atoms with van der Waals surface area (Å²) in [4.78, 5) is 9.13. The first-order chi connectivity index (χ1) is 12.2. The number of aliphatic hydroxyl groups is 1. The van der Waals surface area contributed by atoms with E-state index in [4.69, 9.17) is 4.74 Å². The number of hydrogen-bond acceptors (Lipinski definition) is 5. The number of para-hydroxylation sites is 1. The van der Waals surface area contributed by atoms with Crippen LogP contribution < -0.4 is 4.74 Å². The highest BCUT2D eigenvalue weighted by Gasteiger charge is 2.19. The van der Waals surface area contributed by atoms with Crippen molar-refractivity contribution in [3.05, 3.63) is 58.8 Å². The number of rotatable bonds is 7. The largest absolute Gasteiger partial charge is 0.491 e. The quantitative estimate of drug-likeness (QED) is 0.766. The molecule has 1 aromatic heterocycles. The van der Waals surface area contributed by atoms with Gasteiger partial charge < -0.3 is 9.84 Å². The van der Waals surface area contributed by atoms with E-state index in [1.807, 2.05) is 42.6 Å². The SMILES string of the molecule is OC(COc1ccccc1)CN1CCN(Cc2ccc(Br)cn2)CC1. The Labute approximate surface area is 157 Å². The smallest absolute Gasteiger partial charge is 0.119 e. The maximum absolute atomic E-state index is 10.2. The van der Waals surface area contributed by atoms with Gasteiger partial charge in [-0.05, 0) is 40.2 Å². The average molecular weight is 406 g/mol. The van der Waals surface area contributed by atoms with Gasteiger partial charge in [-0.1, -0.05) is 18.2 Å². The number of aliphatic hydroxyl groups excluding tert-OH is 1. The van der Waals surface area contributed by atoms with Crippen molar-refractivity contribution in [2.24, 2.45) is 0 Å². The minimum Gasteiger partial charge on any atom is -0.491 e. The normalized spacial score (nSPS) is 17.4. The number of benzene rings is 1. The molecule has 2 heterocycles. The van der Waals surface area contributed by atoms with Gasteiger partial charge in [0.25, 0.3) is 0 Å². The van der Waals surface area contributed by atoms with Gasteiger partial charge in [-0.25, -0.2) is 0 Å². The highest BCUT2D eigenvalue weighted by Crippen LogP contribution is 2.12. The van der Waals surface area contributed by atoms with Gasteiger partial charge in [-0.15, -0.1) is 0 Å². The van der Waals surface area contributed by atoms with E-state index in [1.54, 1.807) is 0 Å². The van der Waals surface area contributed by atoms with E-state index in [-0.39, 0.29) is 0 Å². The van der Waals surface area contributed by atoms with Gasteiger partial charge in [0, 0.05) is 49.9 Å². The minimum absolute atomic E-state index is 0.326. The predicted octanol–water partition coefficient (Wildman–Crippen LogP) is 2.40. The molecule has 6 heteroatoms. The molecule has 0 saturated carbocycles. The van der Waals surface area contributed by atoms with Crippen LogP contribution in [0.15, 0.2) is 53.1 Å². The van der Waals surface area contributed by atoms with Gasteiger partial charge >= 0.3 is 0 Å². The van der Waals surface area contributed by atoms with Crippen molar-refractivity contribution in [1.29, 1.82) is 0 Å². The molecule has 1 aliphatic heterocycles. The molecule has 5 nitrogen and oxygen atoms in total. The molecule has 1 fully saturated rings. The first-order valence-electron chi connectivity index (χ1n) is 8.60. The summed E-state index contributed by atoms with van der Waals surface area (Å²) in [5, 5.41) is 10.2. The van der Waals surface area contributed by atoms with Gasteiger partial charge in [0.15, 0.2) is 0 Å².